The molecule has 9 heteroatoms. The van der Waals surface area contributed by atoms with Gasteiger partial charge >= 0.3 is 5.97 Å². The maximum atomic E-state index is 13.7. The lowest BCUT2D eigenvalue weighted by Gasteiger charge is -2.28. The lowest BCUT2D eigenvalue weighted by atomic mass is 10.1. The van der Waals surface area contributed by atoms with Crippen LogP contribution in [0.5, 0.6) is 0 Å². The fourth-order valence-corrected chi connectivity index (χ4v) is 6.57. The van der Waals surface area contributed by atoms with Crippen molar-refractivity contribution in [2.75, 3.05) is 12.7 Å². The summed E-state index contributed by atoms with van der Waals surface area (Å²) in [4.78, 5) is 51.5. The zero-order valence-electron chi connectivity index (χ0n) is 22.4. The number of amides is 2. The van der Waals surface area contributed by atoms with Crippen LogP contribution in [0.15, 0.2) is 91.0 Å². The maximum absolute atomic E-state index is 13.7. The van der Waals surface area contributed by atoms with E-state index < -0.39 is 43.1 Å². The molecular weight excluding hydrogens is 527 g/mol. The third-order valence-electron chi connectivity index (χ3n) is 7.04. The van der Waals surface area contributed by atoms with Crippen molar-refractivity contribution in [3.63, 3.8) is 0 Å². The van der Waals surface area contributed by atoms with E-state index in [1.54, 1.807) is 30.3 Å². The fourth-order valence-electron chi connectivity index (χ4n) is 4.87. The molecule has 3 aromatic carbocycles. The molecule has 0 spiro atoms. The topological polar surface area (TPSA) is 113 Å². The van der Waals surface area contributed by atoms with Gasteiger partial charge < -0.3 is 19.8 Å². The smallest absolute Gasteiger partial charge is 0.329 e. The Labute approximate surface area is 234 Å². The zero-order chi connectivity index (χ0) is 28.4. The molecule has 2 amide bonds. The van der Waals surface area contributed by atoms with Crippen molar-refractivity contribution in [1.29, 1.82) is 0 Å². The zero-order valence-corrected chi connectivity index (χ0v) is 23.2. The van der Waals surface area contributed by atoms with E-state index in [0.717, 1.165) is 11.1 Å². The first-order chi connectivity index (χ1) is 19.3. The average molecular weight is 563 g/mol. The van der Waals surface area contributed by atoms with Gasteiger partial charge in [0.25, 0.3) is 5.91 Å². The Balaban J connectivity index is 1.41. The highest BCUT2D eigenvalue weighted by atomic mass is 31.2. The Hall–Kier alpha value is -3.74. The van der Waals surface area contributed by atoms with Gasteiger partial charge in [-0.15, -0.1) is 0 Å². The molecule has 1 fully saturated rings. The van der Waals surface area contributed by atoms with E-state index >= 15 is 0 Å². The second-order valence-electron chi connectivity index (χ2n) is 9.99. The lowest BCUT2D eigenvalue weighted by molar-refractivity contribution is -0.154. The van der Waals surface area contributed by atoms with Crippen molar-refractivity contribution in [2.45, 2.75) is 50.5 Å². The van der Waals surface area contributed by atoms with Gasteiger partial charge in [0.1, 0.15) is 24.6 Å². The normalized spacial score (nSPS) is 17.0. The predicted octanol–water partition coefficient (Wildman–Crippen LogP) is 4.77. The van der Waals surface area contributed by atoms with Gasteiger partial charge in [-0.05, 0) is 55.4 Å². The van der Waals surface area contributed by atoms with E-state index in [2.05, 4.69) is 5.32 Å². The minimum Gasteiger partial charge on any atom is -0.459 e. The molecular formula is C31H35N2O6P. The predicted molar refractivity (Wildman–Crippen MR) is 153 cm³/mol. The molecule has 4 rings (SSSR count). The first-order valence-corrected chi connectivity index (χ1v) is 15.5. The molecule has 3 aromatic rings. The van der Waals surface area contributed by atoms with Crippen LogP contribution in [-0.4, -0.2) is 52.1 Å². The summed E-state index contributed by atoms with van der Waals surface area (Å²) >= 11 is 0. The van der Waals surface area contributed by atoms with Gasteiger partial charge in [-0.2, -0.15) is 0 Å². The highest BCUT2D eigenvalue weighted by Crippen LogP contribution is 2.47. The summed E-state index contributed by atoms with van der Waals surface area (Å²) in [5, 5.41) is 2.71. The quantitative estimate of drug-likeness (QED) is 0.243. The third-order valence-corrected chi connectivity index (χ3v) is 9.12. The van der Waals surface area contributed by atoms with Crippen LogP contribution in [0, 0.1) is 0 Å². The second-order valence-corrected chi connectivity index (χ2v) is 12.4. The monoisotopic (exact) mass is 562 g/mol. The van der Waals surface area contributed by atoms with Gasteiger partial charge in [0.15, 0.2) is 0 Å². The Kier molecular flexibility index (Phi) is 10.3. The van der Waals surface area contributed by atoms with Crippen LogP contribution in [0.1, 0.15) is 47.2 Å². The molecule has 0 saturated carbocycles. The number of hydrogen-bond acceptors (Lipinski definition) is 5. The van der Waals surface area contributed by atoms with Gasteiger partial charge in [-0.25, -0.2) is 4.79 Å². The summed E-state index contributed by atoms with van der Waals surface area (Å²) in [6.45, 7) is 0.394. The average Bonchev–Trinajstić information content (AvgIpc) is 3.47. The molecule has 0 radical (unpaired) electrons. The second kappa shape index (κ2) is 14.1. The van der Waals surface area contributed by atoms with Crippen LogP contribution >= 0.6 is 7.37 Å². The number of esters is 1. The number of carbonyl (C=O) groups excluding carboxylic acids is 3. The van der Waals surface area contributed by atoms with Crippen LogP contribution in [0.2, 0.25) is 0 Å². The van der Waals surface area contributed by atoms with Gasteiger partial charge in [-0.1, -0.05) is 78.9 Å². The molecule has 0 aliphatic carbocycles. The maximum Gasteiger partial charge on any atom is 0.329 e. The molecule has 1 aliphatic heterocycles. The van der Waals surface area contributed by atoms with Crippen molar-refractivity contribution < 1.29 is 28.6 Å². The van der Waals surface area contributed by atoms with Crippen molar-refractivity contribution >= 4 is 25.2 Å². The summed E-state index contributed by atoms with van der Waals surface area (Å²) in [5.74, 6) is -2.71. The molecule has 2 unspecified atom stereocenters. The van der Waals surface area contributed by atoms with Gasteiger partial charge in [0, 0.05) is 12.1 Å². The van der Waals surface area contributed by atoms with E-state index in [1.807, 2.05) is 60.7 Å². The number of ether oxygens (including phenoxy) is 1. The van der Waals surface area contributed by atoms with Crippen molar-refractivity contribution in [3.05, 3.63) is 108 Å². The third kappa shape index (κ3) is 8.13. The fraction of sp³-hybridized carbons (Fsp3) is 0.323. The van der Waals surface area contributed by atoms with E-state index in [9.17, 15) is 23.8 Å². The summed E-state index contributed by atoms with van der Waals surface area (Å²) in [6, 6.07) is 26.6. The van der Waals surface area contributed by atoms with Crippen LogP contribution in [0.4, 0.5) is 0 Å². The van der Waals surface area contributed by atoms with Gasteiger partial charge in [0.2, 0.25) is 13.3 Å². The SMILES string of the molecule is O=C(NC(CCCc1ccccc1)P(=O)(O)CC(=O)N1CCC[C@H]1C(=O)OCc1ccccc1)c1ccccc1. The largest absolute Gasteiger partial charge is 0.459 e. The Morgan fingerprint density at radius 2 is 1.52 bits per heavy atom. The number of rotatable bonds is 12. The minimum atomic E-state index is -4.20. The van der Waals surface area contributed by atoms with Crippen LogP contribution in [0.3, 0.4) is 0 Å². The van der Waals surface area contributed by atoms with Crippen LogP contribution in [0.25, 0.3) is 0 Å². The number of hydrogen-bond donors (Lipinski definition) is 2. The van der Waals surface area contributed by atoms with E-state index in [1.165, 1.54) is 4.90 Å². The highest BCUT2D eigenvalue weighted by molar-refractivity contribution is 7.59. The molecule has 0 bridgehead atoms. The van der Waals surface area contributed by atoms with Crippen molar-refractivity contribution in [2.24, 2.45) is 0 Å². The Morgan fingerprint density at radius 1 is 0.925 bits per heavy atom. The number of likely N-dealkylation sites (tertiary alicyclic amines) is 1. The number of nitrogens with one attached hydrogen (secondary N) is 1. The van der Waals surface area contributed by atoms with E-state index in [4.69, 9.17) is 4.74 Å². The Bertz CT molecular complexity index is 1320. The Morgan fingerprint density at radius 3 is 2.17 bits per heavy atom. The number of nitrogens with zero attached hydrogens (tertiary/aromatic N) is 1. The summed E-state index contributed by atoms with van der Waals surface area (Å²) in [6.07, 6.45) is 1.78. The molecule has 1 aliphatic rings. The first-order valence-electron chi connectivity index (χ1n) is 13.5. The van der Waals surface area contributed by atoms with Crippen molar-refractivity contribution in [3.8, 4) is 0 Å². The molecule has 0 aromatic heterocycles. The van der Waals surface area contributed by atoms with E-state index in [-0.39, 0.29) is 13.0 Å². The molecule has 8 nitrogen and oxygen atoms in total. The summed E-state index contributed by atoms with van der Waals surface area (Å²) < 4.78 is 19.1. The van der Waals surface area contributed by atoms with Gasteiger partial charge in [0.05, 0.1) is 0 Å². The molecule has 210 valence electrons. The number of aryl methyl sites for hydroxylation is 1. The highest BCUT2D eigenvalue weighted by Gasteiger charge is 2.40. The molecule has 3 atom stereocenters. The molecule has 40 heavy (non-hydrogen) atoms. The molecule has 2 N–H and O–H groups in total. The first kappa shape index (κ1) is 29.2. The minimum absolute atomic E-state index is 0.0890. The summed E-state index contributed by atoms with van der Waals surface area (Å²) in [5.41, 5.74) is 2.27. The van der Waals surface area contributed by atoms with Crippen molar-refractivity contribution in [1.82, 2.24) is 10.2 Å². The van der Waals surface area contributed by atoms with Crippen LogP contribution < -0.4 is 5.32 Å². The summed E-state index contributed by atoms with van der Waals surface area (Å²) in [7, 11) is -4.20. The van der Waals surface area contributed by atoms with Gasteiger partial charge in [-0.3, -0.25) is 14.2 Å². The van der Waals surface area contributed by atoms with E-state index in [0.29, 0.717) is 37.8 Å². The number of benzene rings is 3. The molecule has 1 saturated heterocycles. The lowest BCUT2D eigenvalue weighted by Crippen LogP contribution is -2.44. The molecule has 1 heterocycles. The van der Waals surface area contributed by atoms with Crippen LogP contribution in [-0.2, 0) is 31.9 Å². The number of carbonyl (C=O) groups is 3. The standard InChI is InChI=1S/C31H35N2O6P/c34-29(33-21-11-19-27(33)31(36)39-22-25-14-6-2-7-15-25)23-40(37,38)28(20-10-16-24-12-4-1-5-13-24)32-30(35)26-17-8-3-9-18-26/h1-9,12-15,17-18,27-28H,10-11,16,19-23H2,(H,32,35)(H,37,38)/t27-,28?/m0/s1.